The van der Waals surface area contributed by atoms with Crippen molar-refractivity contribution in [2.75, 3.05) is 0 Å². The fourth-order valence-electron chi connectivity index (χ4n) is 1.47. The lowest BCUT2D eigenvalue weighted by Gasteiger charge is -2.17. The highest BCUT2D eigenvalue weighted by atomic mass is 16.2. The van der Waals surface area contributed by atoms with Crippen LogP contribution in [0.5, 0.6) is 0 Å². The van der Waals surface area contributed by atoms with Gasteiger partial charge in [0.25, 0.3) is 0 Å². The van der Waals surface area contributed by atoms with Gasteiger partial charge in [0.1, 0.15) is 0 Å². The zero-order chi connectivity index (χ0) is 10.1. The monoisotopic (exact) mass is 184 g/mol. The lowest BCUT2D eigenvalue weighted by atomic mass is 10.1. The lowest BCUT2D eigenvalue weighted by molar-refractivity contribution is -0.125. The minimum absolute atomic E-state index is 0.0314. The van der Waals surface area contributed by atoms with Gasteiger partial charge in [0.2, 0.25) is 5.91 Å². The molecule has 1 rings (SSSR count). The molecule has 3 N–H and O–H groups in total. The van der Waals surface area contributed by atoms with Gasteiger partial charge in [0.05, 0.1) is 5.54 Å². The zero-order valence-electron chi connectivity index (χ0n) is 8.76. The quantitative estimate of drug-likeness (QED) is 0.685. The van der Waals surface area contributed by atoms with Gasteiger partial charge >= 0.3 is 0 Å². The molecule has 2 unspecified atom stereocenters. The number of carbonyl (C=O) groups excluding carboxylic acids is 1. The Kier molecular flexibility index (Phi) is 2.96. The van der Waals surface area contributed by atoms with E-state index in [0.717, 1.165) is 6.42 Å². The van der Waals surface area contributed by atoms with Crippen LogP contribution >= 0.6 is 0 Å². The van der Waals surface area contributed by atoms with E-state index in [1.165, 1.54) is 12.8 Å². The summed E-state index contributed by atoms with van der Waals surface area (Å²) < 4.78 is 0. The first-order chi connectivity index (χ1) is 5.95. The number of amides is 1. The first-order valence-corrected chi connectivity index (χ1v) is 5.05. The summed E-state index contributed by atoms with van der Waals surface area (Å²) in [7, 11) is 0. The van der Waals surface area contributed by atoms with Crippen LogP contribution in [0.2, 0.25) is 0 Å². The molecule has 2 atom stereocenters. The highest BCUT2D eigenvalue weighted by Crippen LogP contribution is 2.34. The molecule has 0 bridgehead atoms. The topological polar surface area (TPSA) is 55.1 Å². The first kappa shape index (κ1) is 10.5. The number of nitrogens with two attached hydrogens (primary N) is 1. The molecule has 3 nitrogen and oxygen atoms in total. The van der Waals surface area contributed by atoms with Gasteiger partial charge in [-0.15, -0.1) is 0 Å². The molecule has 0 saturated heterocycles. The molecule has 0 heterocycles. The van der Waals surface area contributed by atoms with Crippen LogP contribution in [0, 0.1) is 5.92 Å². The van der Waals surface area contributed by atoms with E-state index in [1.54, 1.807) is 13.8 Å². The van der Waals surface area contributed by atoms with E-state index in [0.29, 0.717) is 12.0 Å². The smallest absolute Gasteiger partial charge is 0.239 e. The molecule has 1 saturated carbocycles. The minimum Gasteiger partial charge on any atom is -0.351 e. The van der Waals surface area contributed by atoms with Crippen LogP contribution in [-0.4, -0.2) is 17.5 Å². The third-order valence-electron chi connectivity index (χ3n) is 2.48. The van der Waals surface area contributed by atoms with Crippen molar-refractivity contribution >= 4 is 5.91 Å². The molecule has 0 radical (unpaired) electrons. The Morgan fingerprint density at radius 2 is 2.23 bits per heavy atom. The molecule has 13 heavy (non-hydrogen) atoms. The van der Waals surface area contributed by atoms with Crippen LogP contribution in [-0.2, 0) is 4.79 Å². The van der Waals surface area contributed by atoms with Crippen molar-refractivity contribution in [1.82, 2.24) is 5.32 Å². The van der Waals surface area contributed by atoms with E-state index in [1.807, 2.05) is 0 Å². The maximum Gasteiger partial charge on any atom is 0.239 e. The van der Waals surface area contributed by atoms with E-state index in [4.69, 9.17) is 5.73 Å². The van der Waals surface area contributed by atoms with Crippen LogP contribution < -0.4 is 11.1 Å². The van der Waals surface area contributed by atoms with Crippen molar-refractivity contribution in [1.29, 1.82) is 0 Å². The molecule has 1 fully saturated rings. The van der Waals surface area contributed by atoms with Gasteiger partial charge in [-0.3, -0.25) is 4.79 Å². The number of rotatable bonds is 4. The molecule has 0 aromatic carbocycles. The van der Waals surface area contributed by atoms with Crippen LogP contribution in [0.4, 0.5) is 0 Å². The zero-order valence-corrected chi connectivity index (χ0v) is 8.76. The number of nitrogens with one attached hydrogen (secondary N) is 1. The Balaban J connectivity index is 2.25. The van der Waals surface area contributed by atoms with Crippen molar-refractivity contribution in [2.45, 2.75) is 51.6 Å². The third kappa shape index (κ3) is 2.99. The van der Waals surface area contributed by atoms with Crippen molar-refractivity contribution < 1.29 is 4.79 Å². The summed E-state index contributed by atoms with van der Waals surface area (Å²) in [6.45, 7) is 5.64. The Morgan fingerprint density at radius 3 is 2.69 bits per heavy atom. The number of hydrogen-bond acceptors (Lipinski definition) is 2. The fraction of sp³-hybridized carbons (Fsp3) is 0.900. The predicted molar refractivity (Wildman–Crippen MR) is 53.2 cm³/mol. The second-order valence-electron chi connectivity index (χ2n) is 4.59. The largest absolute Gasteiger partial charge is 0.351 e. The molecule has 1 aliphatic rings. The summed E-state index contributed by atoms with van der Waals surface area (Å²) in [4.78, 5) is 11.4. The lowest BCUT2D eigenvalue weighted by Crippen LogP contribution is -2.50. The molecule has 3 heteroatoms. The second kappa shape index (κ2) is 3.66. The van der Waals surface area contributed by atoms with Gasteiger partial charge in [-0.05, 0) is 32.6 Å². The Labute approximate surface area is 80.1 Å². The Bertz CT molecular complexity index is 196. The SMILES string of the molecule is CCCC1CC1NC(=O)C(C)(C)N. The number of hydrogen-bond donors (Lipinski definition) is 2. The Morgan fingerprint density at radius 1 is 1.62 bits per heavy atom. The van der Waals surface area contributed by atoms with E-state index in [9.17, 15) is 4.79 Å². The van der Waals surface area contributed by atoms with Crippen molar-refractivity contribution in [3.63, 3.8) is 0 Å². The van der Waals surface area contributed by atoms with E-state index in [-0.39, 0.29) is 5.91 Å². The second-order valence-corrected chi connectivity index (χ2v) is 4.59. The normalized spacial score (nSPS) is 27.1. The first-order valence-electron chi connectivity index (χ1n) is 5.05. The highest BCUT2D eigenvalue weighted by molar-refractivity contribution is 5.85. The molecule has 0 spiro atoms. The van der Waals surface area contributed by atoms with Crippen LogP contribution in [0.25, 0.3) is 0 Å². The summed E-state index contributed by atoms with van der Waals surface area (Å²) in [5.74, 6) is 0.674. The number of carbonyl (C=O) groups is 1. The minimum atomic E-state index is -0.737. The third-order valence-corrected chi connectivity index (χ3v) is 2.48. The maximum absolute atomic E-state index is 11.4. The summed E-state index contributed by atoms with van der Waals surface area (Å²) in [6, 6.07) is 0.398. The van der Waals surface area contributed by atoms with Gasteiger partial charge < -0.3 is 11.1 Å². The van der Waals surface area contributed by atoms with Gasteiger partial charge in [-0.25, -0.2) is 0 Å². The van der Waals surface area contributed by atoms with Gasteiger partial charge in [0, 0.05) is 6.04 Å². The Hall–Kier alpha value is -0.570. The molecule has 1 aliphatic carbocycles. The molecule has 0 aliphatic heterocycles. The standard InChI is InChI=1S/C10H20N2O/c1-4-5-7-6-8(7)12-9(13)10(2,3)11/h7-8H,4-6,11H2,1-3H3,(H,12,13). The fourth-order valence-corrected chi connectivity index (χ4v) is 1.47. The van der Waals surface area contributed by atoms with E-state index in [2.05, 4.69) is 12.2 Å². The molecule has 76 valence electrons. The van der Waals surface area contributed by atoms with Gasteiger partial charge in [-0.1, -0.05) is 13.3 Å². The highest BCUT2D eigenvalue weighted by Gasteiger charge is 2.39. The molecule has 0 aromatic heterocycles. The van der Waals surface area contributed by atoms with Crippen molar-refractivity contribution in [3.05, 3.63) is 0 Å². The van der Waals surface area contributed by atoms with E-state index < -0.39 is 5.54 Å². The molecule has 0 aromatic rings. The molecular weight excluding hydrogens is 164 g/mol. The van der Waals surface area contributed by atoms with Crippen LogP contribution in [0.3, 0.4) is 0 Å². The molecular formula is C10H20N2O. The summed E-state index contributed by atoms with van der Waals surface area (Å²) in [6.07, 6.45) is 3.55. The average molecular weight is 184 g/mol. The van der Waals surface area contributed by atoms with Gasteiger partial charge in [-0.2, -0.15) is 0 Å². The summed E-state index contributed by atoms with van der Waals surface area (Å²) in [5, 5.41) is 2.96. The summed E-state index contributed by atoms with van der Waals surface area (Å²) in [5.41, 5.74) is 4.93. The van der Waals surface area contributed by atoms with E-state index >= 15 is 0 Å². The summed E-state index contributed by atoms with van der Waals surface area (Å²) >= 11 is 0. The van der Waals surface area contributed by atoms with Crippen LogP contribution in [0.15, 0.2) is 0 Å². The van der Waals surface area contributed by atoms with Gasteiger partial charge in [0.15, 0.2) is 0 Å². The van der Waals surface area contributed by atoms with Crippen LogP contribution in [0.1, 0.15) is 40.0 Å². The maximum atomic E-state index is 11.4. The average Bonchev–Trinajstić information content (AvgIpc) is 2.66. The predicted octanol–water partition coefficient (Wildman–Crippen LogP) is 1.03. The van der Waals surface area contributed by atoms with Crippen molar-refractivity contribution in [2.24, 2.45) is 11.7 Å². The van der Waals surface area contributed by atoms with Crippen molar-refractivity contribution in [3.8, 4) is 0 Å². The molecule has 1 amide bonds.